The number of nitrogens with one attached hydrogen (secondary N) is 1. The van der Waals surface area contributed by atoms with Crippen LogP contribution in [0.5, 0.6) is 0 Å². The van der Waals surface area contributed by atoms with Crippen molar-refractivity contribution in [3.05, 3.63) is 29.6 Å². The van der Waals surface area contributed by atoms with Gasteiger partial charge in [0.15, 0.2) is 9.84 Å². The Bertz CT molecular complexity index is 573. The second kappa shape index (κ2) is 4.85. The van der Waals surface area contributed by atoms with Crippen molar-refractivity contribution in [1.29, 1.82) is 0 Å². The summed E-state index contributed by atoms with van der Waals surface area (Å²) in [5.41, 5.74) is 1.03. The van der Waals surface area contributed by atoms with E-state index < -0.39 is 21.3 Å². The lowest BCUT2D eigenvalue weighted by atomic mass is 10.2. The number of rotatable bonds is 2. The number of carbonyl (C=O) groups excluding carboxylic acids is 1. The van der Waals surface area contributed by atoms with E-state index in [1.54, 1.807) is 19.1 Å². The van der Waals surface area contributed by atoms with Crippen LogP contribution in [0.4, 0.5) is 0 Å². The van der Waals surface area contributed by atoms with Gasteiger partial charge in [-0.2, -0.15) is 0 Å². The first kappa shape index (κ1) is 13.3. The van der Waals surface area contributed by atoms with Crippen molar-refractivity contribution < 1.29 is 13.2 Å². The number of nitrogens with zero attached hydrogens (tertiary/aromatic N) is 1. The van der Waals surface area contributed by atoms with E-state index in [0.717, 1.165) is 5.56 Å². The Morgan fingerprint density at radius 1 is 1.50 bits per heavy atom. The first-order chi connectivity index (χ1) is 8.39. The fourth-order valence-corrected chi connectivity index (χ4v) is 4.45. The average Bonchev–Trinajstić information content (AvgIpc) is 2.52. The number of alkyl halides is 1. The van der Waals surface area contributed by atoms with Gasteiger partial charge in [-0.25, -0.2) is 8.42 Å². The van der Waals surface area contributed by atoms with Crippen LogP contribution in [0.15, 0.2) is 18.3 Å². The van der Waals surface area contributed by atoms with Crippen molar-refractivity contribution in [3.8, 4) is 0 Å². The number of carbonyl (C=O) groups is 1. The number of amides is 1. The Morgan fingerprint density at radius 2 is 2.22 bits per heavy atom. The lowest BCUT2D eigenvalue weighted by Crippen LogP contribution is -2.41. The third kappa shape index (κ3) is 2.81. The molecule has 0 bridgehead atoms. The number of aryl methyl sites for hydroxylation is 1. The molecule has 0 aromatic carbocycles. The van der Waals surface area contributed by atoms with E-state index in [2.05, 4.69) is 10.3 Å². The van der Waals surface area contributed by atoms with Crippen LogP contribution in [0.3, 0.4) is 0 Å². The summed E-state index contributed by atoms with van der Waals surface area (Å²) >= 11 is 5.92. The second-order valence-electron chi connectivity index (χ2n) is 4.34. The molecule has 1 amide bonds. The van der Waals surface area contributed by atoms with Gasteiger partial charge < -0.3 is 5.32 Å². The molecule has 5 nitrogen and oxygen atoms in total. The van der Waals surface area contributed by atoms with Gasteiger partial charge in [0.05, 0.1) is 22.9 Å². The minimum Gasteiger partial charge on any atom is -0.345 e. The van der Waals surface area contributed by atoms with E-state index in [1.165, 1.54) is 6.20 Å². The molecule has 2 atom stereocenters. The molecule has 0 aliphatic carbocycles. The molecule has 2 heterocycles. The quantitative estimate of drug-likeness (QED) is 0.805. The molecular formula is C11H13ClN2O3S. The summed E-state index contributed by atoms with van der Waals surface area (Å²) in [5.74, 6) is -0.597. The van der Waals surface area contributed by atoms with Crippen LogP contribution in [0.25, 0.3) is 0 Å². The summed E-state index contributed by atoms with van der Waals surface area (Å²) in [5, 5.41) is 2.05. The fraction of sp³-hybridized carbons (Fsp3) is 0.455. The molecule has 7 heteroatoms. The van der Waals surface area contributed by atoms with Crippen molar-refractivity contribution in [1.82, 2.24) is 10.3 Å². The number of sulfone groups is 1. The Morgan fingerprint density at radius 3 is 2.78 bits per heavy atom. The predicted octanol–water partition coefficient (Wildman–Crippen LogP) is 0.524. The molecule has 1 N–H and O–H groups in total. The van der Waals surface area contributed by atoms with Gasteiger partial charge in [-0.1, -0.05) is 6.07 Å². The van der Waals surface area contributed by atoms with Crippen molar-refractivity contribution in [2.75, 3.05) is 11.5 Å². The molecule has 0 spiro atoms. The van der Waals surface area contributed by atoms with Crippen LogP contribution in [0.2, 0.25) is 0 Å². The molecule has 1 aliphatic heterocycles. The Hall–Kier alpha value is -1.14. The monoisotopic (exact) mass is 288 g/mol. The summed E-state index contributed by atoms with van der Waals surface area (Å²) in [6.07, 6.45) is 1.52. The predicted molar refractivity (Wildman–Crippen MR) is 68.5 cm³/mol. The number of hydrogen-bond acceptors (Lipinski definition) is 4. The van der Waals surface area contributed by atoms with Crippen LogP contribution >= 0.6 is 11.6 Å². The molecule has 0 saturated carbocycles. The first-order valence-corrected chi connectivity index (χ1v) is 7.72. The summed E-state index contributed by atoms with van der Waals surface area (Å²) in [4.78, 5) is 15.9. The van der Waals surface area contributed by atoms with Gasteiger partial charge in [0.2, 0.25) is 0 Å². The summed E-state index contributed by atoms with van der Waals surface area (Å²) in [6, 6.07) is 2.95. The molecule has 18 heavy (non-hydrogen) atoms. The molecule has 1 aromatic heterocycles. The molecule has 0 radical (unpaired) electrons. The lowest BCUT2D eigenvalue weighted by molar-refractivity contribution is 0.0936. The molecule has 98 valence electrons. The van der Waals surface area contributed by atoms with Crippen LogP contribution in [-0.2, 0) is 9.84 Å². The maximum absolute atomic E-state index is 12.0. The third-order valence-electron chi connectivity index (χ3n) is 2.82. The summed E-state index contributed by atoms with van der Waals surface area (Å²) in [6.45, 7) is 1.77. The smallest absolute Gasteiger partial charge is 0.270 e. The van der Waals surface area contributed by atoms with Gasteiger partial charge in [0, 0.05) is 6.20 Å². The van der Waals surface area contributed by atoms with Gasteiger partial charge in [-0.15, -0.1) is 11.6 Å². The van der Waals surface area contributed by atoms with E-state index >= 15 is 0 Å². The average molecular weight is 289 g/mol. The van der Waals surface area contributed by atoms with E-state index in [0.29, 0.717) is 5.69 Å². The number of halogens is 1. The highest BCUT2D eigenvalue weighted by Crippen LogP contribution is 2.18. The Kier molecular flexibility index (Phi) is 3.59. The third-order valence-corrected chi connectivity index (χ3v) is 5.20. The lowest BCUT2D eigenvalue weighted by Gasteiger charge is -2.14. The topological polar surface area (TPSA) is 76.1 Å². The van der Waals surface area contributed by atoms with Gasteiger partial charge in [0.25, 0.3) is 5.91 Å². The van der Waals surface area contributed by atoms with Gasteiger partial charge in [0.1, 0.15) is 5.69 Å². The highest BCUT2D eigenvalue weighted by molar-refractivity contribution is 7.91. The van der Waals surface area contributed by atoms with Crippen LogP contribution in [-0.4, -0.2) is 42.2 Å². The van der Waals surface area contributed by atoms with E-state index in [-0.39, 0.29) is 17.4 Å². The van der Waals surface area contributed by atoms with E-state index in [1.807, 2.05) is 0 Å². The number of aromatic nitrogens is 1. The first-order valence-electron chi connectivity index (χ1n) is 5.46. The minimum atomic E-state index is -3.15. The van der Waals surface area contributed by atoms with Gasteiger partial charge >= 0.3 is 0 Å². The van der Waals surface area contributed by atoms with Crippen molar-refractivity contribution in [2.45, 2.75) is 18.3 Å². The zero-order valence-electron chi connectivity index (χ0n) is 9.76. The van der Waals surface area contributed by atoms with Crippen LogP contribution in [0, 0.1) is 6.92 Å². The minimum absolute atomic E-state index is 0.0965. The molecular weight excluding hydrogens is 276 g/mol. The second-order valence-corrected chi connectivity index (χ2v) is 7.06. The SMILES string of the molecule is Cc1cccnc1C(=O)NC1CS(=O)(=O)CC1Cl. The van der Waals surface area contributed by atoms with Crippen molar-refractivity contribution >= 4 is 27.3 Å². The normalized spacial score (nSPS) is 25.9. The Labute approximate surface area is 110 Å². The van der Waals surface area contributed by atoms with E-state index in [9.17, 15) is 13.2 Å². The maximum Gasteiger partial charge on any atom is 0.270 e. The summed E-state index contributed by atoms with van der Waals surface area (Å²) in [7, 11) is -3.15. The zero-order chi connectivity index (χ0) is 13.3. The number of hydrogen-bond donors (Lipinski definition) is 1. The van der Waals surface area contributed by atoms with Crippen LogP contribution in [0.1, 0.15) is 16.1 Å². The molecule has 1 aliphatic rings. The highest BCUT2D eigenvalue weighted by atomic mass is 35.5. The highest BCUT2D eigenvalue weighted by Gasteiger charge is 2.37. The van der Waals surface area contributed by atoms with Crippen molar-refractivity contribution in [3.63, 3.8) is 0 Å². The largest absolute Gasteiger partial charge is 0.345 e. The summed E-state index contributed by atoms with van der Waals surface area (Å²) < 4.78 is 22.8. The maximum atomic E-state index is 12.0. The van der Waals surface area contributed by atoms with Crippen molar-refractivity contribution in [2.24, 2.45) is 0 Å². The molecule has 1 aromatic rings. The number of pyridine rings is 1. The molecule has 2 unspecified atom stereocenters. The molecule has 1 saturated heterocycles. The van der Waals surface area contributed by atoms with Crippen LogP contribution < -0.4 is 5.32 Å². The van der Waals surface area contributed by atoms with Gasteiger partial charge in [-0.05, 0) is 18.6 Å². The Balaban J connectivity index is 2.12. The van der Waals surface area contributed by atoms with Gasteiger partial charge in [-0.3, -0.25) is 9.78 Å². The molecule has 2 rings (SSSR count). The van der Waals surface area contributed by atoms with E-state index in [4.69, 9.17) is 11.6 Å². The molecule has 1 fully saturated rings. The fourth-order valence-electron chi connectivity index (χ4n) is 1.90. The standard InChI is InChI=1S/C11H13ClN2O3S/c1-7-3-2-4-13-10(7)11(15)14-9-6-18(16,17)5-8(9)12/h2-4,8-9H,5-6H2,1H3,(H,14,15). The zero-order valence-corrected chi connectivity index (χ0v) is 11.3.